The molecule has 1 atom stereocenters. The molecule has 0 heterocycles. The highest BCUT2D eigenvalue weighted by molar-refractivity contribution is 9.10. The lowest BCUT2D eigenvalue weighted by Gasteiger charge is -2.15. The average molecular weight is 304 g/mol. The van der Waals surface area contributed by atoms with E-state index < -0.39 is 12.0 Å². The normalized spacial score (nSPS) is 12.2. The van der Waals surface area contributed by atoms with Gasteiger partial charge in [0.25, 0.3) is 0 Å². The van der Waals surface area contributed by atoms with Crippen LogP contribution in [-0.2, 0) is 11.2 Å². The van der Waals surface area contributed by atoms with Crippen LogP contribution in [0.25, 0.3) is 0 Å². The second-order valence-corrected chi connectivity index (χ2v) is 4.52. The van der Waals surface area contributed by atoms with Gasteiger partial charge in [0, 0.05) is 16.5 Å². The van der Waals surface area contributed by atoms with Crippen LogP contribution in [0.1, 0.15) is 11.1 Å². The Morgan fingerprint density at radius 2 is 2.24 bits per heavy atom. The van der Waals surface area contributed by atoms with Crippen molar-refractivity contribution in [1.82, 2.24) is 0 Å². The second-order valence-electron chi connectivity index (χ2n) is 3.66. The van der Waals surface area contributed by atoms with Gasteiger partial charge in [-0.1, -0.05) is 15.9 Å². The SMILES string of the molecule is COc1cc(Br)c(C)c(CC(N)C(=O)O)c1O. The first kappa shape index (κ1) is 13.8. The molecule has 0 aliphatic heterocycles. The van der Waals surface area contributed by atoms with Crippen molar-refractivity contribution < 1.29 is 19.7 Å². The largest absolute Gasteiger partial charge is 0.504 e. The van der Waals surface area contributed by atoms with Crippen molar-refractivity contribution in [3.05, 3.63) is 21.7 Å². The van der Waals surface area contributed by atoms with Crippen LogP contribution in [0, 0.1) is 6.92 Å². The summed E-state index contributed by atoms with van der Waals surface area (Å²) in [6.45, 7) is 1.77. The first-order valence-electron chi connectivity index (χ1n) is 4.91. The quantitative estimate of drug-likeness (QED) is 0.782. The van der Waals surface area contributed by atoms with Gasteiger partial charge in [0.15, 0.2) is 11.5 Å². The molecule has 0 amide bonds. The third-order valence-corrected chi connectivity index (χ3v) is 3.37. The molecule has 0 aromatic heterocycles. The number of carboxylic acid groups (broad SMARTS) is 1. The summed E-state index contributed by atoms with van der Waals surface area (Å²) in [4.78, 5) is 10.7. The van der Waals surface area contributed by atoms with Crippen LogP contribution in [0.5, 0.6) is 11.5 Å². The molecule has 1 aromatic rings. The number of aromatic hydroxyl groups is 1. The summed E-state index contributed by atoms with van der Waals surface area (Å²) in [5.41, 5.74) is 6.69. The van der Waals surface area contributed by atoms with Crippen molar-refractivity contribution in [3.8, 4) is 11.5 Å². The van der Waals surface area contributed by atoms with Crippen LogP contribution >= 0.6 is 15.9 Å². The van der Waals surface area contributed by atoms with Crippen molar-refractivity contribution >= 4 is 21.9 Å². The molecule has 17 heavy (non-hydrogen) atoms. The molecule has 1 rings (SSSR count). The van der Waals surface area contributed by atoms with E-state index in [4.69, 9.17) is 15.6 Å². The number of nitrogens with two attached hydrogens (primary N) is 1. The second kappa shape index (κ2) is 5.37. The monoisotopic (exact) mass is 303 g/mol. The van der Waals surface area contributed by atoms with Gasteiger partial charge < -0.3 is 20.7 Å². The zero-order chi connectivity index (χ0) is 13.2. The number of hydrogen-bond acceptors (Lipinski definition) is 4. The Morgan fingerprint density at radius 1 is 1.65 bits per heavy atom. The van der Waals surface area contributed by atoms with Crippen molar-refractivity contribution in [3.63, 3.8) is 0 Å². The highest BCUT2D eigenvalue weighted by atomic mass is 79.9. The van der Waals surface area contributed by atoms with Crippen LogP contribution in [-0.4, -0.2) is 29.3 Å². The summed E-state index contributed by atoms with van der Waals surface area (Å²) in [5.74, 6) is -0.886. The number of phenols is 1. The summed E-state index contributed by atoms with van der Waals surface area (Å²) >= 11 is 3.32. The summed E-state index contributed by atoms with van der Waals surface area (Å²) < 4.78 is 5.73. The maximum atomic E-state index is 10.7. The van der Waals surface area contributed by atoms with E-state index in [-0.39, 0.29) is 17.9 Å². The van der Waals surface area contributed by atoms with E-state index in [0.29, 0.717) is 5.56 Å². The Labute approximate surface area is 107 Å². The summed E-state index contributed by atoms with van der Waals surface area (Å²) in [5, 5.41) is 18.7. The number of ether oxygens (including phenoxy) is 1. The smallest absolute Gasteiger partial charge is 0.320 e. The average Bonchev–Trinajstić information content (AvgIpc) is 2.28. The van der Waals surface area contributed by atoms with E-state index in [1.807, 2.05) is 0 Å². The molecule has 0 aliphatic rings. The Morgan fingerprint density at radius 3 is 2.71 bits per heavy atom. The fraction of sp³-hybridized carbons (Fsp3) is 0.364. The van der Waals surface area contributed by atoms with E-state index in [1.54, 1.807) is 13.0 Å². The van der Waals surface area contributed by atoms with Crippen LogP contribution in [0.4, 0.5) is 0 Å². The number of carbonyl (C=O) groups is 1. The number of aliphatic carboxylic acids is 1. The zero-order valence-corrected chi connectivity index (χ0v) is 11.1. The van der Waals surface area contributed by atoms with E-state index >= 15 is 0 Å². The number of rotatable bonds is 4. The number of halogens is 1. The van der Waals surface area contributed by atoms with Crippen molar-refractivity contribution in [1.29, 1.82) is 0 Å². The molecule has 1 aromatic carbocycles. The molecule has 0 aliphatic carbocycles. The maximum Gasteiger partial charge on any atom is 0.320 e. The molecule has 94 valence electrons. The zero-order valence-electron chi connectivity index (χ0n) is 9.53. The number of phenolic OH excluding ortho intramolecular Hbond substituents is 1. The lowest BCUT2D eigenvalue weighted by molar-refractivity contribution is -0.138. The molecule has 0 saturated heterocycles. The van der Waals surface area contributed by atoms with Gasteiger partial charge in [-0.25, -0.2) is 0 Å². The fourth-order valence-electron chi connectivity index (χ4n) is 1.47. The summed E-state index contributed by atoms with van der Waals surface area (Å²) in [6, 6.07) is 0.569. The van der Waals surface area contributed by atoms with Crippen LogP contribution in [0.2, 0.25) is 0 Å². The third kappa shape index (κ3) is 2.89. The number of hydrogen-bond donors (Lipinski definition) is 3. The minimum atomic E-state index is -1.11. The van der Waals surface area contributed by atoms with E-state index in [2.05, 4.69) is 15.9 Å². The van der Waals surface area contributed by atoms with Crippen LogP contribution in [0.3, 0.4) is 0 Å². The van der Waals surface area contributed by atoms with E-state index in [1.165, 1.54) is 7.11 Å². The topological polar surface area (TPSA) is 92.8 Å². The minimum absolute atomic E-state index is 0.0444. The van der Waals surface area contributed by atoms with Gasteiger partial charge in [0.2, 0.25) is 0 Å². The van der Waals surface area contributed by atoms with Gasteiger partial charge in [0.05, 0.1) is 7.11 Å². The van der Waals surface area contributed by atoms with E-state index in [0.717, 1.165) is 10.0 Å². The molecule has 0 bridgehead atoms. The van der Waals surface area contributed by atoms with Crippen molar-refractivity contribution in [2.45, 2.75) is 19.4 Å². The van der Waals surface area contributed by atoms with Gasteiger partial charge in [-0.2, -0.15) is 0 Å². The predicted octanol–water partition coefficient (Wildman–Crippen LogP) is 1.43. The number of carboxylic acids is 1. The van der Waals surface area contributed by atoms with E-state index in [9.17, 15) is 9.90 Å². The van der Waals surface area contributed by atoms with Crippen molar-refractivity contribution in [2.24, 2.45) is 5.73 Å². The fourth-order valence-corrected chi connectivity index (χ4v) is 1.92. The van der Waals surface area contributed by atoms with Gasteiger partial charge in [0.1, 0.15) is 6.04 Å². The Bertz CT molecular complexity index is 448. The van der Waals surface area contributed by atoms with Gasteiger partial charge in [-0.3, -0.25) is 4.79 Å². The highest BCUT2D eigenvalue weighted by Crippen LogP contribution is 2.37. The Balaban J connectivity index is 3.22. The van der Waals surface area contributed by atoms with Gasteiger partial charge >= 0.3 is 5.97 Å². The molecule has 4 N–H and O–H groups in total. The molecule has 0 radical (unpaired) electrons. The van der Waals surface area contributed by atoms with Crippen LogP contribution in [0.15, 0.2) is 10.5 Å². The summed E-state index contributed by atoms with van der Waals surface area (Å²) in [7, 11) is 1.43. The molecule has 1 unspecified atom stereocenters. The molecule has 5 nitrogen and oxygen atoms in total. The minimum Gasteiger partial charge on any atom is -0.504 e. The van der Waals surface area contributed by atoms with Gasteiger partial charge in [-0.05, 0) is 18.6 Å². The lowest BCUT2D eigenvalue weighted by Crippen LogP contribution is -2.32. The first-order valence-corrected chi connectivity index (χ1v) is 5.71. The molecular weight excluding hydrogens is 290 g/mol. The summed E-state index contributed by atoms with van der Waals surface area (Å²) in [6.07, 6.45) is 0.0444. The number of benzene rings is 1. The molecule has 0 saturated carbocycles. The maximum absolute atomic E-state index is 10.7. The molecule has 0 spiro atoms. The third-order valence-electron chi connectivity index (χ3n) is 2.55. The lowest BCUT2D eigenvalue weighted by atomic mass is 10.00. The molecular formula is C11H14BrNO4. The van der Waals surface area contributed by atoms with Gasteiger partial charge in [-0.15, -0.1) is 0 Å². The molecule has 0 fully saturated rings. The highest BCUT2D eigenvalue weighted by Gasteiger charge is 2.20. The predicted molar refractivity (Wildman–Crippen MR) is 66.4 cm³/mol. The molecule has 6 heteroatoms. The Hall–Kier alpha value is -1.27. The standard InChI is InChI=1S/C11H14BrNO4/c1-5-6(3-8(13)11(15)16)10(14)9(17-2)4-7(5)12/h4,8,14H,3,13H2,1-2H3,(H,15,16). The Kier molecular flexibility index (Phi) is 4.36. The van der Waals surface area contributed by atoms with Crippen LogP contribution < -0.4 is 10.5 Å². The first-order chi connectivity index (χ1) is 7.88. The number of methoxy groups -OCH3 is 1. The van der Waals surface area contributed by atoms with Crippen molar-refractivity contribution in [2.75, 3.05) is 7.11 Å².